The molecule has 15 heavy (non-hydrogen) atoms. The van der Waals surface area contributed by atoms with Crippen LogP contribution >= 0.6 is 0 Å². The topological polar surface area (TPSA) is 70.1 Å². The van der Waals surface area contributed by atoms with E-state index in [1.807, 2.05) is 13.0 Å². The zero-order valence-corrected chi connectivity index (χ0v) is 8.87. The average molecular weight is 213 g/mol. The second-order valence-electron chi connectivity index (χ2n) is 3.09. The van der Waals surface area contributed by atoms with Gasteiger partial charge >= 0.3 is 0 Å². The Bertz CT molecular complexity index is 270. The van der Waals surface area contributed by atoms with Crippen molar-refractivity contribution in [2.75, 3.05) is 19.8 Å². The Hall–Kier alpha value is -1.57. The third-order valence-corrected chi connectivity index (χ3v) is 1.83. The molecule has 0 bridgehead atoms. The highest BCUT2D eigenvalue weighted by Crippen LogP contribution is 2.05. The minimum atomic E-state index is -0.448. The van der Waals surface area contributed by atoms with Crippen LogP contribution in [0.4, 0.5) is 4.39 Å². The first kappa shape index (κ1) is 13.4. The number of amides is 1. The Morgan fingerprint density at radius 3 is 2.73 bits per heavy atom. The highest BCUT2D eigenvalue weighted by atomic mass is 19.1. The van der Waals surface area contributed by atoms with Gasteiger partial charge in [0.1, 0.15) is 0 Å². The fourth-order valence-corrected chi connectivity index (χ4v) is 1.08. The second-order valence-corrected chi connectivity index (χ2v) is 3.09. The first-order valence-corrected chi connectivity index (χ1v) is 4.83. The van der Waals surface area contributed by atoms with Crippen LogP contribution in [-0.2, 0) is 4.79 Å². The summed E-state index contributed by atoms with van der Waals surface area (Å²) in [4.78, 5) is 12.3. The molecule has 0 unspecified atom stereocenters. The monoisotopic (exact) mass is 213 g/mol. The third-order valence-electron chi connectivity index (χ3n) is 1.83. The number of rotatable bonds is 7. The van der Waals surface area contributed by atoms with E-state index in [-0.39, 0.29) is 6.54 Å². The lowest BCUT2D eigenvalue weighted by molar-refractivity contribution is -0.118. The predicted molar refractivity (Wildman–Crippen MR) is 55.3 cm³/mol. The van der Waals surface area contributed by atoms with E-state index in [1.165, 1.54) is 0 Å². The van der Waals surface area contributed by atoms with Gasteiger partial charge in [0.25, 0.3) is 0 Å². The number of hydrogen-bond acceptors (Lipinski definition) is 3. The number of allylic oxidation sites excluding steroid dienone is 1. The summed E-state index contributed by atoms with van der Waals surface area (Å²) in [6, 6.07) is 1.98. The van der Waals surface area contributed by atoms with Crippen LogP contribution < -0.4 is 5.73 Å². The Morgan fingerprint density at radius 1 is 1.67 bits per heavy atom. The summed E-state index contributed by atoms with van der Waals surface area (Å²) in [5, 5.41) is 8.75. The molecule has 0 saturated heterocycles. The molecule has 0 fully saturated rings. The van der Waals surface area contributed by atoms with Gasteiger partial charge in [-0.1, -0.05) is 0 Å². The van der Waals surface area contributed by atoms with Crippen LogP contribution in [0.5, 0.6) is 0 Å². The number of nitrogens with zero attached hydrogens (tertiary/aromatic N) is 2. The summed E-state index contributed by atoms with van der Waals surface area (Å²) in [6.45, 7) is 2.08. The molecular formula is C10H16FN3O. The average Bonchev–Trinajstić information content (AvgIpc) is 2.21. The maximum Gasteiger partial charge on any atom is 0.236 e. The van der Waals surface area contributed by atoms with Crippen molar-refractivity contribution in [3.63, 3.8) is 0 Å². The van der Waals surface area contributed by atoms with Crippen molar-refractivity contribution in [3.8, 4) is 6.07 Å². The normalized spacial score (nSPS) is 10.9. The van der Waals surface area contributed by atoms with Crippen molar-refractivity contribution in [1.29, 1.82) is 5.26 Å². The maximum atomic E-state index is 11.9. The van der Waals surface area contributed by atoms with Crippen LogP contribution in [0.2, 0.25) is 0 Å². The van der Waals surface area contributed by atoms with E-state index < -0.39 is 12.6 Å². The van der Waals surface area contributed by atoms with Gasteiger partial charge in [0.05, 0.1) is 19.3 Å². The molecular weight excluding hydrogens is 197 g/mol. The van der Waals surface area contributed by atoms with Crippen LogP contribution in [0, 0.1) is 11.3 Å². The minimum absolute atomic E-state index is 0.0807. The third kappa shape index (κ3) is 6.49. The summed E-state index contributed by atoms with van der Waals surface area (Å²) in [5.41, 5.74) is 5.50. The quantitative estimate of drug-likeness (QED) is 0.640. The number of nitriles is 1. The van der Waals surface area contributed by atoms with E-state index in [4.69, 9.17) is 11.0 Å². The van der Waals surface area contributed by atoms with E-state index in [2.05, 4.69) is 0 Å². The van der Waals surface area contributed by atoms with Gasteiger partial charge in [-0.3, -0.25) is 9.18 Å². The Balaban J connectivity index is 4.35. The molecule has 0 radical (unpaired) electrons. The zero-order valence-electron chi connectivity index (χ0n) is 8.87. The largest absolute Gasteiger partial charge is 0.368 e. The Kier molecular flexibility index (Phi) is 6.98. The first-order chi connectivity index (χ1) is 7.13. The van der Waals surface area contributed by atoms with Crippen LogP contribution in [-0.4, -0.2) is 30.6 Å². The highest BCUT2D eigenvalue weighted by Gasteiger charge is 2.03. The van der Waals surface area contributed by atoms with Gasteiger partial charge in [0.15, 0.2) is 0 Å². The standard InChI is InChI=1S/C10H16FN3O/c1-2-14(8-10(13)15)7-9(6-12)4-3-5-11/h7H,2-5,8H2,1H3,(H2,13,15)/b9-7-. The molecule has 0 saturated carbocycles. The Labute approximate surface area is 89.2 Å². The number of carbonyl (C=O) groups is 1. The summed E-state index contributed by atoms with van der Waals surface area (Å²) in [7, 11) is 0. The molecule has 0 aliphatic carbocycles. The maximum absolute atomic E-state index is 11.9. The summed E-state index contributed by atoms with van der Waals surface area (Å²) in [5.74, 6) is -0.448. The predicted octanol–water partition coefficient (Wildman–Crippen LogP) is 0.951. The Morgan fingerprint density at radius 2 is 2.33 bits per heavy atom. The molecule has 0 heterocycles. The van der Waals surface area contributed by atoms with Gasteiger partial charge < -0.3 is 10.6 Å². The molecule has 0 aliphatic heterocycles. The van der Waals surface area contributed by atoms with Gasteiger partial charge in [0, 0.05) is 18.3 Å². The number of hydrogen-bond donors (Lipinski definition) is 1. The molecule has 0 aromatic rings. The molecule has 84 valence electrons. The molecule has 0 aliphatic rings. The van der Waals surface area contributed by atoms with Crippen molar-refractivity contribution in [1.82, 2.24) is 4.90 Å². The van der Waals surface area contributed by atoms with Gasteiger partial charge in [-0.05, 0) is 19.8 Å². The van der Waals surface area contributed by atoms with E-state index in [1.54, 1.807) is 11.1 Å². The molecule has 0 aromatic carbocycles. The lowest BCUT2D eigenvalue weighted by atomic mass is 10.2. The van der Waals surface area contributed by atoms with Crippen molar-refractivity contribution in [2.45, 2.75) is 19.8 Å². The van der Waals surface area contributed by atoms with E-state index in [0.717, 1.165) is 0 Å². The molecule has 0 atom stereocenters. The second kappa shape index (κ2) is 7.80. The van der Waals surface area contributed by atoms with E-state index >= 15 is 0 Å². The number of alkyl halides is 1. The molecule has 5 heteroatoms. The summed E-state index contributed by atoms with van der Waals surface area (Å²) in [6.07, 6.45) is 2.29. The van der Waals surface area contributed by atoms with Gasteiger partial charge in [-0.15, -0.1) is 0 Å². The highest BCUT2D eigenvalue weighted by molar-refractivity contribution is 5.76. The number of nitrogens with two attached hydrogens (primary N) is 1. The fraction of sp³-hybridized carbons (Fsp3) is 0.600. The SMILES string of the molecule is CCN(/C=C(\C#N)CCCF)CC(N)=O. The van der Waals surface area contributed by atoms with Crippen LogP contribution in [0.15, 0.2) is 11.8 Å². The van der Waals surface area contributed by atoms with Crippen LogP contribution in [0.25, 0.3) is 0 Å². The number of likely N-dealkylation sites (N-methyl/N-ethyl adjacent to an activating group) is 1. The van der Waals surface area contributed by atoms with Gasteiger partial charge in [0.2, 0.25) is 5.91 Å². The summed E-state index contributed by atoms with van der Waals surface area (Å²) < 4.78 is 11.9. The van der Waals surface area contributed by atoms with E-state index in [9.17, 15) is 9.18 Å². The molecule has 4 nitrogen and oxygen atoms in total. The lowest BCUT2D eigenvalue weighted by Gasteiger charge is -2.16. The van der Waals surface area contributed by atoms with Crippen molar-refractivity contribution >= 4 is 5.91 Å². The van der Waals surface area contributed by atoms with Gasteiger partial charge in [-0.2, -0.15) is 5.26 Å². The van der Waals surface area contributed by atoms with Crippen LogP contribution in [0.1, 0.15) is 19.8 Å². The summed E-state index contributed by atoms with van der Waals surface area (Å²) >= 11 is 0. The van der Waals surface area contributed by atoms with Crippen molar-refractivity contribution in [2.24, 2.45) is 5.73 Å². The molecule has 1 amide bonds. The fourth-order valence-electron chi connectivity index (χ4n) is 1.08. The van der Waals surface area contributed by atoms with Gasteiger partial charge in [-0.25, -0.2) is 0 Å². The molecule has 0 aromatic heterocycles. The van der Waals surface area contributed by atoms with E-state index in [0.29, 0.717) is 25.0 Å². The number of carbonyl (C=O) groups excluding carboxylic acids is 1. The number of primary amides is 1. The molecule has 2 N–H and O–H groups in total. The zero-order chi connectivity index (χ0) is 11.7. The molecule has 0 spiro atoms. The first-order valence-electron chi connectivity index (χ1n) is 4.83. The van der Waals surface area contributed by atoms with Crippen molar-refractivity contribution < 1.29 is 9.18 Å². The smallest absolute Gasteiger partial charge is 0.236 e. The van der Waals surface area contributed by atoms with Crippen molar-refractivity contribution in [3.05, 3.63) is 11.8 Å². The molecule has 0 rings (SSSR count). The number of halogens is 1. The lowest BCUT2D eigenvalue weighted by Crippen LogP contribution is -2.30. The minimum Gasteiger partial charge on any atom is -0.368 e. The van der Waals surface area contributed by atoms with Crippen LogP contribution in [0.3, 0.4) is 0 Å².